The highest BCUT2D eigenvalue weighted by molar-refractivity contribution is 6.33. The number of carbonyl (C=O) groups excluding carboxylic acids is 1. The number of amides is 1. The molecule has 1 amide bonds. The summed E-state index contributed by atoms with van der Waals surface area (Å²) in [6.45, 7) is 3.33. The molecule has 1 aromatic carbocycles. The number of aryl methyl sites for hydroxylation is 1. The van der Waals surface area contributed by atoms with Crippen LogP contribution in [0.1, 0.15) is 35.4 Å². The smallest absolute Gasteiger partial charge is 0.263 e. The van der Waals surface area contributed by atoms with Crippen LogP contribution in [-0.2, 0) is 0 Å². The molecule has 0 spiro atoms. The molecule has 0 aliphatic carbocycles. The largest absolute Gasteiger partial charge is 0.360 e. The second kappa shape index (κ2) is 7.59. The molecule has 0 radical (unpaired) electrons. The van der Waals surface area contributed by atoms with Crippen LogP contribution in [0.5, 0.6) is 0 Å². The van der Waals surface area contributed by atoms with Crippen molar-refractivity contribution in [1.29, 1.82) is 0 Å². The number of nitrogens with one attached hydrogen (secondary N) is 2. The van der Waals surface area contributed by atoms with Gasteiger partial charge in [-0.2, -0.15) is 4.98 Å². The highest BCUT2D eigenvalue weighted by atomic mass is 35.5. The second-order valence-corrected chi connectivity index (χ2v) is 6.95. The Labute approximate surface area is 165 Å². The minimum absolute atomic E-state index is 0.0118. The molecule has 3 heterocycles. The molecular formula is C18H18ClFN6O2. The Morgan fingerprint density at radius 2 is 2.11 bits per heavy atom. The Bertz CT molecular complexity index is 991. The van der Waals surface area contributed by atoms with E-state index in [1.165, 1.54) is 24.6 Å². The maximum atomic E-state index is 14.3. The van der Waals surface area contributed by atoms with Gasteiger partial charge in [0.2, 0.25) is 11.9 Å². The van der Waals surface area contributed by atoms with Gasteiger partial charge in [-0.15, -0.1) is 5.10 Å². The monoisotopic (exact) mass is 404 g/mol. The lowest BCUT2D eigenvalue weighted by molar-refractivity contribution is 0.102. The Morgan fingerprint density at radius 1 is 1.32 bits per heavy atom. The maximum absolute atomic E-state index is 14.3. The number of aromatic amines is 1. The van der Waals surface area contributed by atoms with Gasteiger partial charge in [-0.05, 0) is 38.3 Å². The SMILES string of the molecule is Cc1onc(-c2c(F)cccc2Cl)c1C(=O)Nc1nc(N2CCCCC2)n[nH]1. The van der Waals surface area contributed by atoms with Gasteiger partial charge in [-0.3, -0.25) is 10.1 Å². The zero-order valence-corrected chi connectivity index (χ0v) is 15.9. The van der Waals surface area contributed by atoms with E-state index in [1.54, 1.807) is 6.92 Å². The summed E-state index contributed by atoms with van der Waals surface area (Å²) in [4.78, 5) is 19.2. The summed E-state index contributed by atoms with van der Waals surface area (Å²) < 4.78 is 19.4. The molecule has 1 aliphatic heterocycles. The average molecular weight is 405 g/mol. The van der Waals surface area contributed by atoms with Crippen molar-refractivity contribution in [1.82, 2.24) is 20.3 Å². The molecule has 1 fully saturated rings. The third-order valence-electron chi connectivity index (χ3n) is 4.63. The zero-order chi connectivity index (χ0) is 19.7. The van der Waals surface area contributed by atoms with Gasteiger partial charge in [0.1, 0.15) is 22.8 Å². The van der Waals surface area contributed by atoms with Crippen LogP contribution in [0.2, 0.25) is 5.02 Å². The van der Waals surface area contributed by atoms with Gasteiger partial charge in [-0.25, -0.2) is 9.49 Å². The van der Waals surface area contributed by atoms with Crippen molar-refractivity contribution in [3.63, 3.8) is 0 Å². The number of aromatic nitrogens is 4. The zero-order valence-electron chi connectivity index (χ0n) is 15.1. The number of benzene rings is 1. The number of nitrogens with zero attached hydrogens (tertiary/aromatic N) is 4. The summed E-state index contributed by atoms with van der Waals surface area (Å²) in [5.74, 6) is -0.176. The van der Waals surface area contributed by atoms with Crippen LogP contribution in [0, 0.1) is 12.7 Å². The third-order valence-corrected chi connectivity index (χ3v) is 4.95. The Hall–Kier alpha value is -2.94. The lowest BCUT2D eigenvalue weighted by Gasteiger charge is -2.24. The molecule has 1 saturated heterocycles. The van der Waals surface area contributed by atoms with E-state index in [2.05, 4.69) is 30.6 Å². The van der Waals surface area contributed by atoms with Gasteiger partial charge in [0.15, 0.2) is 0 Å². The van der Waals surface area contributed by atoms with Crippen LogP contribution in [-0.4, -0.2) is 39.3 Å². The molecule has 1 aliphatic rings. The number of halogens is 2. The standard InChI is InChI=1S/C18H18ClFN6O2/c1-10-13(15(25-28-10)14-11(19)6-5-7-12(14)20)16(27)21-17-22-18(24-23-17)26-8-3-2-4-9-26/h5-7H,2-4,8-9H2,1H3,(H2,21,22,23,24,27). The first kappa shape index (κ1) is 18.4. The molecule has 4 rings (SSSR count). The fraction of sp³-hybridized carbons (Fsp3) is 0.333. The van der Waals surface area contributed by atoms with E-state index < -0.39 is 11.7 Å². The number of hydrogen-bond acceptors (Lipinski definition) is 6. The molecular weight excluding hydrogens is 387 g/mol. The molecule has 0 unspecified atom stereocenters. The molecule has 2 N–H and O–H groups in total. The molecule has 10 heteroatoms. The first-order chi connectivity index (χ1) is 13.5. The van der Waals surface area contributed by atoms with Gasteiger partial charge < -0.3 is 9.42 Å². The predicted molar refractivity (Wildman–Crippen MR) is 102 cm³/mol. The number of carbonyl (C=O) groups is 1. The van der Waals surface area contributed by atoms with Crippen LogP contribution in [0.3, 0.4) is 0 Å². The van der Waals surface area contributed by atoms with Gasteiger partial charge in [0.05, 0.1) is 10.6 Å². The van der Waals surface area contributed by atoms with Crippen molar-refractivity contribution in [2.45, 2.75) is 26.2 Å². The Kier molecular flexibility index (Phi) is 4.99. The van der Waals surface area contributed by atoms with Crippen molar-refractivity contribution in [2.24, 2.45) is 0 Å². The summed E-state index contributed by atoms with van der Waals surface area (Å²) >= 11 is 6.11. The number of piperidine rings is 1. The van der Waals surface area contributed by atoms with Crippen LogP contribution in [0.25, 0.3) is 11.3 Å². The third kappa shape index (κ3) is 3.45. The van der Waals surface area contributed by atoms with E-state index in [9.17, 15) is 9.18 Å². The summed E-state index contributed by atoms with van der Waals surface area (Å²) in [7, 11) is 0. The normalized spacial score (nSPS) is 14.3. The summed E-state index contributed by atoms with van der Waals surface area (Å²) in [5.41, 5.74) is 0.134. The van der Waals surface area contributed by atoms with Crippen LogP contribution < -0.4 is 10.2 Å². The summed E-state index contributed by atoms with van der Waals surface area (Å²) in [6, 6.07) is 4.24. The van der Waals surface area contributed by atoms with Crippen LogP contribution in [0.4, 0.5) is 16.3 Å². The summed E-state index contributed by atoms with van der Waals surface area (Å²) in [5, 5.41) is 13.5. The minimum Gasteiger partial charge on any atom is -0.360 e. The first-order valence-corrected chi connectivity index (χ1v) is 9.31. The number of rotatable bonds is 4. The lowest BCUT2D eigenvalue weighted by Crippen LogP contribution is -2.30. The van der Waals surface area contributed by atoms with E-state index in [4.69, 9.17) is 16.1 Å². The predicted octanol–water partition coefficient (Wildman–Crippen LogP) is 3.80. The molecule has 3 aromatic rings. The highest BCUT2D eigenvalue weighted by Gasteiger charge is 2.26. The Morgan fingerprint density at radius 3 is 2.86 bits per heavy atom. The molecule has 2 aromatic heterocycles. The molecule has 28 heavy (non-hydrogen) atoms. The molecule has 0 saturated carbocycles. The van der Waals surface area contributed by atoms with Crippen molar-refractivity contribution in [2.75, 3.05) is 23.3 Å². The van der Waals surface area contributed by atoms with Crippen LogP contribution >= 0.6 is 11.6 Å². The van der Waals surface area contributed by atoms with Gasteiger partial charge >= 0.3 is 0 Å². The van der Waals surface area contributed by atoms with E-state index >= 15 is 0 Å². The van der Waals surface area contributed by atoms with Gasteiger partial charge in [0, 0.05) is 13.1 Å². The minimum atomic E-state index is -0.595. The van der Waals surface area contributed by atoms with E-state index in [0.717, 1.165) is 25.9 Å². The Balaban J connectivity index is 1.60. The fourth-order valence-electron chi connectivity index (χ4n) is 3.25. The lowest BCUT2D eigenvalue weighted by atomic mass is 10.0. The molecule has 0 atom stereocenters. The van der Waals surface area contributed by atoms with Crippen LogP contribution in [0.15, 0.2) is 22.7 Å². The van der Waals surface area contributed by atoms with Crippen molar-refractivity contribution < 1.29 is 13.7 Å². The van der Waals surface area contributed by atoms with Crippen molar-refractivity contribution in [3.8, 4) is 11.3 Å². The number of anilines is 2. The first-order valence-electron chi connectivity index (χ1n) is 8.94. The topological polar surface area (TPSA) is 99.9 Å². The highest BCUT2D eigenvalue weighted by Crippen LogP contribution is 2.33. The van der Waals surface area contributed by atoms with Crippen molar-refractivity contribution >= 4 is 29.4 Å². The second-order valence-electron chi connectivity index (χ2n) is 6.54. The average Bonchev–Trinajstić information content (AvgIpc) is 3.29. The number of H-pyrrole nitrogens is 1. The quantitative estimate of drug-likeness (QED) is 0.686. The number of hydrogen-bond donors (Lipinski definition) is 2. The molecule has 146 valence electrons. The van der Waals surface area contributed by atoms with Crippen molar-refractivity contribution in [3.05, 3.63) is 40.4 Å². The van der Waals surface area contributed by atoms with E-state index in [0.29, 0.717) is 5.95 Å². The molecule has 0 bridgehead atoms. The fourth-order valence-corrected chi connectivity index (χ4v) is 3.50. The van der Waals surface area contributed by atoms with E-state index in [1.807, 2.05) is 0 Å². The van der Waals surface area contributed by atoms with Gasteiger partial charge in [-0.1, -0.05) is 22.8 Å². The molecule has 8 nitrogen and oxygen atoms in total. The maximum Gasteiger partial charge on any atom is 0.263 e. The van der Waals surface area contributed by atoms with E-state index in [-0.39, 0.29) is 33.6 Å². The van der Waals surface area contributed by atoms with Gasteiger partial charge in [0.25, 0.3) is 5.91 Å². The summed E-state index contributed by atoms with van der Waals surface area (Å²) in [6.07, 6.45) is 3.37.